The van der Waals surface area contributed by atoms with E-state index in [9.17, 15) is 5.11 Å². The van der Waals surface area contributed by atoms with Crippen LogP contribution < -0.4 is 16.0 Å². The zero-order valence-electron chi connectivity index (χ0n) is 20.2. The minimum Gasteiger partial charge on any atom is -0.507 e. The number of phenolic OH excluding ortho intramolecular Hbond substituents is 1. The molecular formula is C25H35N7O. The fraction of sp³-hybridized carbons (Fsp3) is 0.480. The van der Waals surface area contributed by atoms with Crippen molar-refractivity contribution in [1.82, 2.24) is 25.3 Å². The van der Waals surface area contributed by atoms with Crippen molar-refractivity contribution in [3.63, 3.8) is 0 Å². The van der Waals surface area contributed by atoms with E-state index in [2.05, 4.69) is 60.3 Å². The van der Waals surface area contributed by atoms with E-state index >= 15 is 0 Å². The molecule has 0 atom stereocenters. The maximum atomic E-state index is 10.7. The molecule has 176 valence electrons. The smallest absolute Gasteiger partial charge is 0.151 e. The number of hydrogen-bond donors (Lipinski definition) is 3. The molecule has 0 unspecified atom stereocenters. The molecule has 1 aliphatic heterocycles. The minimum absolute atomic E-state index is 0.0579. The lowest BCUT2D eigenvalue weighted by Crippen LogP contribution is -2.62. The Balaban J connectivity index is 1.52. The highest BCUT2D eigenvalue weighted by Crippen LogP contribution is 2.34. The Labute approximate surface area is 195 Å². The van der Waals surface area contributed by atoms with E-state index in [1.54, 1.807) is 16.9 Å². The van der Waals surface area contributed by atoms with Gasteiger partial charge in [-0.15, -0.1) is 10.2 Å². The summed E-state index contributed by atoms with van der Waals surface area (Å²) in [5, 5.41) is 27.6. The maximum absolute atomic E-state index is 10.7. The second-order valence-electron chi connectivity index (χ2n) is 10.4. The Kier molecular flexibility index (Phi) is 6.16. The second kappa shape index (κ2) is 8.76. The number of benzene rings is 1. The molecule has 3 aromatic rings. The van der Waals surface area contributed by atoms with E-state index in [0.717, 1.165) is 29.8 Å². The number of nitrogens with one attached hydrogen (secondary N) is 1. The molecule has 0 saturated carbocycles. The third-order valence-corrected chi connectivity index (χ3v) is 6.33. The maximum Gasteiger partial charge on any atom is 0.151 e. The molecule has 8 nitrogen and oxygen atoms in total. The van der Waals surface area contributed by atoms with Gasteiger partial charge in [0.1, 0.15) is 5.75 Å². The van der Waals surface area contributed by atoms with Gasteiger partial charge in [-0.05, 0) is 70.4 Å². The van der Waals surface area contributed by atoms with Gasteiger partial charge >= 0.3 is 0 Å². The molecule has 0 aliphatic carbocycles. The summed E-state index contributed by atoms with van der Waals surface area (Å²) in [4.78, 5) is 2.23. The van der Waals surface area contributed by atoms with Crippen molar-refractivity contribution in [3.8, 4) is 28.1 Å². The van der Waals surface area contributed by atoms with Crippen LogP contribution in [0.5, 0.6) is 5.75 Å². The lowest BCUT2D eigenvalue weighted by molar-refractivity contribution is 0.160. The molecule has 1 aromatic carbocycles. The van der Waals surface area contributed by atoms with Crippen LogP contribution in [-0.4, -0.2) is 55.8 Å². The van der Waals surface area contributed by atoms with Gasteiger partial charge in [-0.1, -0.05) is 6.07 Å². The highest BCUT2D eigenvalue weighted by molar-refractivity contribution is 5.74. The zero-order valence-corrected chi connectivity index (χ0v) is 20.2. The van der Waals surface area contributed by atoms with Gasteiger partial charge < -0.3 is 21.1 Å². The summed E-state index contributed by atoms with van der Waals surface area (Å²) < 4.78 is 1.80. The molecule has 0 amide bonds. The summed E-state index contributed by atoms with van der Waals surface area (Å²) >= 11 is 0. The van der Waals surface area contributed by atoms with Crippen LogP contribution in [0.15, 0.2) is 42.7 Å². The number of piperidine rings is 1. The Morgan fingerprint density at radius 2 is 1.82 bits per heavy atom. The minimum atomic E-state index is 0.0579. The van der Waals surface area contributed by atoms with Gasteiger partial charge in [0.25, 0.3) is 0 Å². The van der Waals surface area contributed by atoms with Gasteiger partial charge in [0.05, 0.1) is 18.4 Å². The number of rotatable bonds is 6. The van der Waals surface area contributed by atoms with Gasteiger partial charge in [-0.3, -0.25) is 4.68 Å². The van der Waals surface area contributed by atoms with Crippen molar-refractivity contribution in [2.75, 3.05) is 18.5 Å². The molecule has 0 spiro atoms. The lowest BCUT2D eigenvalue weighted by Gasteiger charge is -2.49. The molecule has 2 aromatic heterocycles. The Morgan fingerprint density at radius 3 is 2.42 bits per heavy atom. The molecule has 4 rings (SSSR count). The van der Waals surface area contributed by atoms with Crippen LogP contribution in [0.25, 0.3) is 22.4 Å². The Bertz CT molecular complexity index is 1090. The fourth-order valence-electron chi connectivity index (χ4n) is 5.08. The van der Waals surface area contributed by atoms with Gasteiger partial charge in [0.15, 0.2) is 5.82 Å². The number of aromatic nitrogens is 4. The van der Waals surface area contributed by atoms with Gasteiger partial charge in [0, 0.05) is 48.0 Å². The Morgan fingerprint density at radius 1 is 1.09 bits per heavy atom. The lowest BCUT2D eigenvalue weighted by atomic mass is 9.79. The van der Waals surface area contributed by atoms with E-state index in [1.165, 1.54) is 0 Å². The van der Waals surface area contributed by atoms with Crippen molar-refractivity contribution in [3.05, 3.63) is 42.7 Å². The van der Waals surface area contributed by atoms with E-state index in [0.29, 0.717) is 30.4 Å². The molecule has 8 heteroatoms. The van der Waals surface area contributed by atoms with Crippen LogP contribution in [0.4, 0.5) is 5.82 Å². The van der Waals surface area contributed by atoms with E-state index in [-0.39, 0.29) is 16.8 Å². The average Bonchev–Trinajstić information content (AvgIpc) is 3.20. The van der Waals surface area contributed by atoms with Crippen molar-refractivity contribution in [1.29, 1.82) is 0 Å². The monoisotopic (exact) mass is 449 g/mol. The molecule has 0 radical (unpaired) electrons. The second-order valence-corrected chi connectivity index (χ2v) is 10.4. The van der Waals surface area contributed by atoms with Crippen molar-refractivity contribution in [2.45, 2.75) is 64.2 Å². The molecule has 33 heavy (non-hydrogen) atoms. The first-order chi connectivity index (χ1) is 15.6. The summed E-state index contributed by atoms with van der Waals surface area (Å²) in [6.45, 7) is 10.2. The van der Waals surface area contributed by atoms with Crippen LogP contribution in [0.3, 0.4) is 0 Å². The first kappa shape index (κ1) is 23.2. The van der Waals surface area contributed by atoms with Crippen molar-refractivity contribution in [2.24, 2.45) is 5.73 Å². The Hall–Kier alpha value is -2.97. The summed E-state index contributed by atoms with van der Waals surface area (Å²) in [6.07, 6.45) is 5.76. The fourth-order valence-corrected chi connectivity index (χ4v) is 5.08. The molecule has 1 saturated heterocycles. The van der Waals surface area contributed by atoms with Gasteiger partial charge in [-0.25, -0.2) is 0 Å². The number of aromatic hydroxyl groups is 1. The SMILES string of the molecule is CN(c1ccc(-c2ccc(-c3cnn(CCN)c3)cc2O)nn1)C1CC(C)(C)NC(C)(C)C1. The van der Waals surface area contributed by atoms with Gasteiger partial charge in [0.2, 0.25) is 0 Å². The highest BCUT2D eigenvalue weighted by atomic mass is 16.3. The number of nitrogens with two attached hydrogens (primary N) is 1. The molecule has 1 fully saturated rings. The molecule has 3 heterocycles. The number of phenols is 1. The number of nitrogens with zero attached hydrogens (tertiary/aromatic N) is 5. The molecule has 4 N–H and O–H groups in total. The van der Waals surface area contributed by atoms with Crippen molar-refractivity contribution >= 4 is 5.82 Å². The third-order valence-electron chi connectivity index (χ3n) is 6.33. The predicted octanol–water partition coefficient (Wildman–Crippen LogP) is 3.42. The number of anilines is 1. The normalized spacial score (nSPS) is 17.8. The highest BCUT2D eigenvalue weighted by Gasteiger charge is 2.39. The van der Waals surface area contributed by atoms with Crippen LogP contribution in [0.1, 0.15) is 40.5 Å². The summed E-state index contributed by atoms with van der Waals surface area (Å²) in [6, 6.07) is 9.83. The summed E-state index contributed by atoms with van der Waals surface area (Å²) in [5.41, 5.74) is 8.82. The first-order valence-corrected chi connectivity index (χ1v) is 11.5. The summed E-state index contributed by atoms with van der Waals surface area (Å²) in [7, 11) is 2.09. The van der Waals surface area contributed by atoms with E-state index in [4.69, 9.17) is 5.73 Å². The van der Waals surface area contributed by atoms with Crippen LogP contribution in [-0.2, 0) is 6.54 Å². The molecule has 0 bridgehead atoms. The van der Waals surface area contributed by atoms with Gasteiger partial charge in [-0.2, -0.15) is 5.10 Å². The van der Waals surface area contributed by atoms with Crippen LogP contribution in [0, 0.1) is 0 Å². The molecule has 1 aliphatic rings. The van der Waals surface area contributed by atoms with Crippen LogP contribution >= 0.6 is 0 Å². The van der Waals surface area contributed by atoms with E-state index < -0.39 is 0 Å². The standard InChI is InChI=1S/C25H35N7O/c1-24(2)13-19(14-25(3,4)30-24)31(5)23-9-8-21(28-29-23)20-7-6-17(12-22(20)33)18-15-27-32(16-18)11-10-26/h6-9,12,15-16,19,30,33H,10-11,13-14,26H2,1-5H3. The quantitative estimate of drug-likeness (QED) is 0.529. The topological polar surface area (TPSA) is 105 Å². The largest absolute Gasteiger partial charge is 0.507 e. The average molecular weight is 450 g/mol. The van der Waals surface area contributed by atoms with E-state index in [1.807, 2.05) is 30.5 Å². The zero-order chi connectivity index (χ0) is 23.8. The molecular weight excluding hydrogens is 414 g/mol. The third kappa shape index (κ3) is 5.17. The first-order valence-electron chi connectivity index (χ1n) is 11.5. The number of hydrogen-bond acceptors (Lipinski definition) is 7. The van der Waals surface area contributed by atoms with Crippen molar-refractivity contribution < 1.29 is 5.11 Å². The summed E-state index contributed by atoms with van der Waals surface area (Å²) in [5.74, 6) is 0.997. The van der Waals surface area contributed by atoms with Crippen LogP contribution in [0.2, 0.25) is 0 Å². The predicted molar refractivity (Wildman–Crippen MR) is 132 cm³/mol.